The van der Waals surface area contributed by atoms with Gasteiger partial charge in [-0.1, -0.05) is 367 Å². The molecule has 0 saturated heterocycles. The predicted molar refractivity (Wildman–Crippen MR) is 418 cm³/mol. The summed E-state index contributed by atoms with van der Waals surface area (Å²) in [7, 11) is 1.49. The number of phosphoric ester groups is 1. The summed E-state index contributed by atoms with van der Waals surface area (Å²) in [4.78, 5) is 36.0. The maximum Gasteiger partial charge on any atom is 0.472 e. The van der Waals surface area contributed by atoms with Crippen molar-refractivity contribution in [3.05, 3.63) is 122 Å². The Balaban J connectivity index is 3.94. The normalized spacial score (nSPS) is 13.7. The molecule has 0 aromatic rings. The molecular weight excluding hydrogens is 1210 g/mol. The van der Waals surface area contributed by atoms with E-state index in [9.17, 15) is 19.0 Å². The van der Waals surface area contributed by atoms with Crippen LogP contribution < -0.4 is 0 Å². The van der Waals surface area contributed by atoms with Crippen LogP contribution in [0.15, 0.2) is 122 Å². The highest BCUT2D eigenvalue weighted by molar-refractivity contribution is 7.47. The Bertz CT molecular complexity index is 2040. The number of esters is 2. The average molecular weight is 1360 g/mol. The summed E-state index contributed by atoms with van der Waals surface area (Å²) >= 11 is 0. The number of hydrogen-bond acceptors (Lipinski definition) is 7. The molecule has 0 bridgehead atoms. The molecule has 9 nitrogen and oxygen atoms in total. The molecule has 0 aromatic heterocycles. The van der Waals surface area contributed by atoms with Crippen LogP contribution in [0.25, 0.3) is 0 Å². The Morgan fingerprint density at radius 3 is 0.833 bits per heavy atom. The highest BCUT2D eigenvalue weighted by atomic mass is 31.2. The van der Waals surface area contributed by atoms with Crippen LogP contribution in [0.3, 0.4) is 0 Å². The number of unbranched alkanes of at least 4 members (excludes halogenated alkanes) is 40. The molecule has 1 N–H and O–H groups in total. The minimum Gasteiger partial charge on any atom is -0.462 e. The summed E-state index contributed by atoms with van der Waals surface area (Å²) in [6.45, 7) is 4.25. The number of carbonyl (C=O) groups is 2. The first-order valence-corrected chi connectivity index (χ1v) is 41.8. The molecule has 10 heteroatoms. The molecule has 0 rings (SSSR count). The first-order valence-electron chi connectivity index (χ1n) is 40.3. The zero-order valence-corrected chi connectivity index (χ0v) is 64.2. The summed E-state index contributed by atoms with van der Waals surface area (Å²) < 4.78 is 34.8. The Hall–Kier alpha value is -3.59. The first kappa shape index (κ1) is 92.4. The Morgan fingerprint density at radius 2 is 0.562 bits per heavy atom. The van der Waals surface area contributed by atoms with Gasteiger partial charge in [-0.15, -0.1) is 0 Å². The molecule has 96 heavy (non-hydrogen) atoms. The van der Waals surface area contributed by atoms with Gasteiger partial charge in [-0.25, -0.2) is 4.57 Å². The monoisotopic (exact) mass is 1360 g/mol. The van der Waals surface area contributed by atoms with Gasteiger partial charge in [0, 0.05) is 12.8 Å². The predicted octanol–water partition coefficient (Wildman–Crippen LogP) is 26.9. The van der Waals surface area contributed by atoms with Gasteiger partial charge in [-0.2, -0.15) is 0 Å². The van der Waals surface area contributed by atoms with Crippen molar-refractivity contribution in [3.63, 3.8) is 0 Å². The largest absolute Gasteiger partial charge is 0.472 e. The van der Waals surface area contributed by atoms with Crippen LogP contribution in [0.4, 0.5) is 0 Å². The summed E-state index contributed by atoms with van der Waals surface area (Å²) in [5.41, 5.74) is 0. The fourth-order valence-electron chi connectivity index (χ4n) is 11.4. The van der Waals surface area contributed by atoms with E-state index < -0.39 is 26.5 Å². The summed E-state index contributed by atoms with van der Waals surface area (Å²) in [6, 6.07) is 0. The summed E-state index contributed by atoms with van der Waals surface area (Å²) in [6.07, 6.45) is 109. The molecule has 0 heterocycles. The lowest BCUT2D eigenvalue weighted by Crippen LogP contribution is -2.37. The molecule has 0 aliphatic rings. The molecule has 0 spiro atoms. The standard InChI is InChI=1S/C86H152NO8P/c1-6-8-10-12-14-16-18-20-22-24-26-28-30-32-34-36-38-40-42-43-45-46-48-50-52-54-56-58-60-62-64-66-68-70-72-74-76-78-85(88)92-82-84(83-94-96(90,91)93-81-80-87(3,4)5)95-86(89)79-77-75-73-71-69-67-65-63-61-59-57-55-53-51-49-47-44-41-39-37-35-33-31-29-27-25-23-21-19-17-15-13-11-9-7-2/h8-11,14-17,20-23,26-29,33,35,39,41,84H,6-7,12-13,18-19,24-25,30-32,34,36-38,40,42-83H2,1-5H3/p+1/b10-8-,11-9-,16-14-,17-15-,22-20-,23-21-,28-26-,29-27-,35-33-,41-39-. The van der Waals surface area contributed by atoms with Crippen LogP contribution in [0.2, 0.25) is 0 Å². The molecule has 0 aromatic carbocycles. The summed E-state index contributed by atoms with van der Waals surface area (Å²) in [5.74, 6) is -0.783. The van der Waals surface area contributed by atoms with Crippen molar-refractivity contribution in [2.45, 2.75) is 367 Å². The third kappa shape index (κ3) is 79.4. The van der Waals surface area contributed by atoms with Crippen LogP contribution >= 0.6 is 7.82 Å². The van der Waals surface area contributed by atoms with Crippen LogP contribution in [0.5, 0.6) is 0 Å². The molecule has 2 atom stereocenters. The quantitative estimate of drug-likeness (QED) is 0.0211. The number of ether oxygens (including phenoxy) is 2. The Labute approximate surface area is 594 Å². The van der Waals surface area contributed by atoms with Gasteiger partial charge in [-0.05, 0) is 103 Å². The van der Waals surface area contributed by atoms with Crippen molar-refractivity contribution in [1.29, 1.82) is 0 Å². The van der Waals surface area contributed by atoms with E-state index in [1.807, 2.05) is 21.1 Å². The third-order valence-electron chi connectivity index (χ3n) is 17.5. The second kappa shape index (κ2) is 75.6. The van der Waals surface area contributed by atoms with Crippen LogP contribution in [-0.4, -0.2) is 74.9 Å². The van der Waals surface area contributed by atoms with Gasteiger partial charge < -0.3 is 18.9 Å². The van der Waals surface area contributed by atoms with E-state index in [0.717, 1.165) is 96.3 Å². The minimum absolute atomic E-state index is 0.0303. The fraction of sp³-hybridized carbons (Fsp3) is 0.744. The number of hydrogen-bond donors (Lipinski definition) is 1. The number of likely N-dealkylation sites (N-methyl/N-ethyl adjacent to an activating group) is 1. The third-order valence-corrected chi connectivity index (χ3v) is 18.5. The fourth-order valence-corrected chi connectivity index (χ4v) is 12.2. The molecule has 0 fully saturated rings. The van der Waals surface area contributed by atoms with E-state index >= 15 is 0 Å². The average Bonchev–Trinajstić information content (AvgIpc) is 2.74. The molecule has 554 valence electrons. The van der Waals surface area contributed by atoms with Crippen LogP contribution in [0.1, 0.15) is 361 Å². The zero-order chi connectivity index (χ0) is 69.7. The molecular formula is C86H153NO8P+. The molecule has 0 amide bonds. The molecule has 0 saturated carbocycles. The van der Waals surface area contributed by atoms with Crippen molar-refractivity contribution in [2.75, 3.05) is 47.5 Å². The Morgan fingerprint density at radius 1 is 0.323 bits per heavy atom. The molecule has 2 unspecified atom stereocenters. The smallest absolute Gasteiger partial charge is 0.462 e. The van der Waals surface area contributed by atoms with Gasteiger partial charge in [-0.3, -0.25) is 18.6 Å². The van der Waals surface area contributed by atoms with E-state index in [0.29, 0.717) is 17.4 Å². The SMILES string of the molecule is CC/C=C\C/C=C\C/C=C\C/C=C\C/C=C\C/C=C\CCCCCCCCCCCCCCCCCCC(=O)OC(COC(=O)CCCCCCCCCCCCCCCCCCCCCCCCCC/C=C\C/C=C\C/C=C\C/C=C\CC)COP(=O)(O)OCC[N+](C)(C)C. The maximum absolute atomic E-state index is 12.9. The number of rotatable bonds is 74. The second-order valence-corrected chi connectivity index (χ2v) is 29.5. The van der Waals surface area contributed by atoms with Gasteiger partial charge in [0.1, 0.15) is 19.8 Å². The van der Waals surface area contributed by atoms with Gasteiger partial charge in [0.25, 0.3) is 0 Å². The van der Waals surface area contributed by atoms with Crippen LogP contribution in [-0.2, 0) is 32.7 Å². The van der Waals surface area contributed by atoms with Gasteiger partial charge in [0.15, 0.2) is 6.10 Å². The number of carbonyl (C=O) groups excluding carboxylic acids is 2. The number of nitrogens with zero attached hydrogens (tertiary/aromatic N) is 1. The lowest BCUT2D eigenvalue weighted by Gasteiger charge is -2.24. The molecule has 0 aliphatic heterocycles. The lowest BCUT2D eigenvalue weighted by molar-refractivity contribution is -0.870. The van der Waals surface area contributed by atoms with Crippen molar-refractivity contribution in [1.82, 2.24) is 0 Å². The van der Waals surface area contributed by atoms with E-state index in [2.05, 4.69) is 135 Å². The van der Waals surface area contributed by atoms with E-state index in [4.69, 9.17) is 18.5 Å². The van der Waals surface area contributed by atoms with Gasteiger partial charge in [0.2, 0.25) is 0 Å². The first-order chi connectivity index (χ1) is 47.0. The van der Waals surface area contributed by atoms with Crippen LogP contribution in [0, 0.1) is 0 Å². The lowest BCUT2D eigenvalue weighted by atomic mass is 10.0. The van der Waals surface area contributed by atoms with Crippen molar-refractivity contribution < 1.29 is 42.1 Å². The number of quaternary nitrogens is 1. The van der Waals surface area contributed by atoms with Crippen molar-refractivity contribution in [3.8, 4) is 0 Å². The summed E-state index contributed by atoms with van der Waals surface area (Å²) in [5, 5.41) is 0. The van der Waals surface area contributed by atoms with Gasteiger partial charge >= 0.3 is 19.8 Å². The molecule has 0 aliphatic carbocycles. The highest BCUT2D eigenvalue weighted by Gasteiger charge is 2.27. The van der Waals surface area contributed by atoms with Crippen molar-refractivity contribution >= 4 is 19.8 Å². The second-order valence-electron chi connectivity index (χ2n) is 28.0. The topological polar surface area (TPSA) is 108 Å². The zero-order valence-electron chi connectivity index (χ0n) is 63.3. The molecule has 0 radical (unpaired) electrons. The maximum atomic E-state index is 12.9. The van der Waals surface area contributed by atoms with Crippen molar-refractivity contribution in [2.24, 2.45) is 0 Å². The highest BCUT2D eigenvalue weighted by Crippen LogP contribution is 2.43. The van der Waals surface area contributed by atoms with Gasteiger partial charge in [0.05, 0.1) is 27.7 Å². The number of allylic oxidation sites excluding steroid dienone is 20. The number of phosphoric acid groups is 1. The minimum atomic E-state index is -4.40. The Kier molecular flexibility index (Phi) is 72.8. The van der Waals surface area contributed by atoms with E-state index in [1.165, 1.54) is 231 Å². The van der Waals surface area contributed by atoms with E-state index in [1.54, 1.807) is 0 Å². The van der Waals surface area contributed by atoms with E-state index in [-0.39, 0.29) is 32.0 Å².